The predicted molar refractivity (Wildman–Crippen MR) is 113 cm³/mol. The molecule has 8 heteroatoms. The summed E-state index contributed by atoms with van der Waals surface area (Å²) in [5.41, 5.74) is 1.72. The number of nitrogens with zero attached hydrogens (tertiary/aromatic N) is 2. The van der Waals surface area contributed by atoms with E-state index in [0.717, 1.165) is 11.1 Å². The minimum absolute atomic E-state index is 0.0328. The number of nitro benzene ring substituents is 1. The van der Waals surface area contributed by atoms with Crippen molar-refractivity contribution in [2.45, 2.75) is 52.4 Å². The number of hydrogen-bond donors (Lipinski definition) is 0. The van der Waals surface area contributed by atoms with Crippen molar-refractivity contribution in [3.05, 3.63) is 45.5 Å². The highest BCUT2D eigenvalue weighted by atomic mass is 32.2. The molecule has 1 aliphatic heterocycles. The van der Waals surface area contributed by atoms with Crippen LogP contribution in [-0.2, 0) is 21.3 Å². The third-order valence-corrected chi connectivity index (χ3v) is 4.52. The van der Waals surface area contributed by atoms with E-state index >= 15 is 0 Å². The number of hydrogen-bond acceptors (Lipinski definition) is 5. The molecule has 2 rings (SSSR count). The summed E-state index contributed by atoms with van der Waals surface area (Å²) in [4.78, 5) is 24.5. The van der Waals surface area contributed by atoms with Gasteiger partial charge in [-0.15, -0.1) is 0 Å². The lowest BCUT2D eigenvalue weighted by molar-refractivity contribution is -0.384. The first-order valence-electron chi connectivity index (χ1n) is 9.31. The van der Waals surface area contributed by atoms with Crippen molar-refractivity contribution in [1.29, 1.82) is 0 Å². The van der Waals surface area contributed by atoms with Crippen molar-refractivity contribution in [2.75, 3.05) is 19.3 Å². The summed E-state index contributed by atoms with van der Waals surface area (Å²) in [5.74, 6) is 0.223. The fraction of sp³-hybridized carbons (Fsp3) is 0.550. The number of non-ortho nitro benzene ring substituents is 1. The van der Waals surface area contributed by atoms with E-state index in [1.165, 1.54) is 12.1 Å². The number of carbonyl (C=O) groups is 1. The normalized spacial score (nSPS) is 15.1. The van der Waals surface area contributed by atoms with Gasteiger partial charge < -0.3 is 9.64 Å². The van der Waals surface area contributed by atoms with E-state index in [-0.39, 0.29) is 17.5 Å². The van der Waals surface area contributed by atoms with Gasteiger partial charge in [-0.3, -0.25) is 14.3 Å². The molecule has 0 saturated carbocycles. The quantitative estimate of drug-likeness (QED) is 0.537. The largest absolute Gasteiger partial charge is 0.444 e. The summed E-state index contributed by atoms with van der Waals surface area (Å²) in [7, 11) is -1.14. The Balaban J connectivity index is 0.00000190. The van der Waals surface area contributed by atoms with Crippen LogP contribution in [0.5, 0.6) is 0 Å². The van der Waals surface area contributed by atoms with Crippen LogP contribution in [0.25, 0.3) is 5.57 Å². The zero-order chi connectivity index (χ0) is 21.5. The maximum Gasteiger partial charge on any atom is 0.410 e. The highest BCUT2D eigenvalue weighted by molar-refractivity contribution is 7.83. The summed E-state index contributed by atoms with van der Waals surface area (Å²) < 4.78 is 17.1. The lowest BCUT2D eigenvalue weighted by Gasteiger charge is -2.30. The van der Waals surface area contributed by atoms with Gasteiger partial charge in [-0.05, 0) is 50.0 Å². The van der Waals surface area contributed by atoms with Crippen LogP contribution in [0.2, 0.25) is 0 Å². The summed E-state index contributed by atoms with van der Waals surface area (Å²) >= 11 is 0. The summed E-state index contributed by atoms with van der Waals surface area (Å²) in [6.45, 7) is 10.4. The second kappa shape index (κ2) is 10.4. The molecular formula is C20H30N2O5S. The molecule has 28 heavy (non-hydrogen) atoms. The first kappa shape index (κ1) is 23.8. The summed E-state index contributed by atoms with van der Waals surface area (Å²) in [6.07, 6.45) is 3.86. The van der Waals surface area contributed by atoms with Crippen molar-refractivity contribution in [3.8, 4) is 0 Å². The number of amides is 1. The first-order valence-corrected chi connectivity index (χ1v) is 11.0. The molecule has 1 heterocycles. The predicted octanol–water partition coefficient (Wildman–Crippen LogP) is 4.52. The minimum atomic E-state index is -1.14. The second-order valence-electron chi connectivity index (χ2n) is 7.24. The van der Waals surface area contributed by atoms with E-state index in [2.05, 4.69) is 0 Å². The van der Waals surface area contributed by atoms with Crippen molar-refractivity contribution in [2.24, 2.45) is 0 Å². The van der Waals surface area contributed by atoms with Crippen molar-refractivity contribution in [3.63, 3.8) is 0 Å². The number of rotatable bonds is 4. The van der Waals surface area contributed by atoms with Crippen LogP contribution in [0.1, 0.15) is 52.2 Å². The molecule has 0 aromatic heterocycles. The molecule has 1 unspecified atom stereocenters. The highest BCUT2D eigenvalue weighted by Gasteiger charge is 2.26. The zero-order valence-corrected chi connectivity index (χ0v) is 18.3. The van der Waals surface area contributed by atoms with Crippen LogP contribution < -0.4 is 0 Å². The Kier molecular flexibility index (Phi) is 8.81. The maximum absolute atomic E-state index is 12.3. The van der Waals surface area contributed by atoms with E-state index in [4.69, 9.17) is 4.74 Å². The topological polar surface area (TPSA) is 89.8 Å². The van der Waals surface area contributed by atoms with E-state index in [1.54, 1.807) is 17.2 Å². The molecule has 1 aliphatic rings. The molecule has 1 amide bonds. The Morgan fingerprint density at radius 2 is 1.96 bits per heavy atom. The van der Waals surface area contributed by atoms with Gasteiger partial charge in [-0.25, -0.2) is 4.79 Å². The molecule has 1 aromatic carbocycles. The molecule has 156 valence electrons. The Morgan fingerprint density at radius 3 is 2.50 bits per heavy atom. The number of benzene rings is 1. The van der Waals surface area contributed by atoms with Crippen LogP contribution >= 0.6 is 0 Å². The van der Waals surface area contributed by atoms with E-state index in [0.29, 0.717) is 25.1 Å². The van der Waals surface area contributed by atoms with Gasteiger partial charge in [0.2, 0.25) is 0 Å². The molecule has 0 saturated heterocycles. The van der Waals surface area contributed by atoms with Crippen molar-refractivity contribution < 1.29 is 18.7 Å². The molecule has 1 aromatic rings. The summed E-state index contributed by atoms with van der Waals surface area (Å²) in [6, 6.07) is 4.57. The Hall–Kier alpha value is -2.22. The van der Waals surface area contributed by atoms with E-state index < -0.39 is 21.3 Å². The van der Waals surface area contributed by atoms with Crippen molar-refractivity contribution in [1.82, 2.24) is 4.90 Å². The lowest BCUT2D eigenvalue weighted by atomic mass is 9.96. The number of nitro groups is 1. The third-order valence-electron chi connectivity index (χ3n) is 3.81. The van der Waals surface area contributed by atoms with Crippen LogP contribution in [-0.4, -0.2) is 45.1 Å². The average molecular weight is 411 g/mol. The van der Waals surface area contributed by atoms with Gasteiger partial charge in [0, 0.05) is 48.0 Å². The molecular weight excluding hydrogens is 380 g/mol. The Bertz CT molecular complexity index is 768. The van der Waals surface area contributed by atoms with Gasteiger partial charge in [0.1, 0.15) is 5.60 Å². The highest BCUT2D eigenvalue weighted by Crippen LogP contribution is 2.28. The van der Waals surface area contributed by atoms with Gasteiger partial charge in [0.15, 0.2) is 0 Å². The molecule has 7 nitrogen and oxygen atoms in total. The SMILES string of the molecule is CC.CS(=O)Cc1cc([N+](=O)[O-])ccc1C1=CCCN(C(=O)OC(C)(C)C)C1. The molecule has 0 fully saturated rings. The zero-order valence-electron chi connectivity index (χ0n) is 17.5. The third kappa shape index (κ3) is 7.07. The number of carbonyl (C=O) groups excluding carboxylic acids is 1. The van der Waals surface area contributed by atoms with E-state index in [9.17, 15) is 19.1 Å². The average Bonchev–Trinajstić information content (AvgIpc) is 2.61. The van der Waals surface area contributed by atoms with Gasteiger partial charge in [0.25, 0.3) is 5.69 Å². The maximum atomic E-state index is 12.3. The molecule has 0 bridgehead atoms. The minimum Gasteiger partial charge on any atom is -0.444 e. The lowest BCUT2D eigenvalue weighted by Crippen LogP contribution is -2.39. The Morgan fingerprint density at radius 1 is 1.32 bits per heavy atom. The van der Waals surface area contributed by atoms with Gasteiger partial charge in [0.05, 0.1) is 4.92 Å². The van der Waals surface area contributed by atoms with Gasteiger partial charge in [-0.1, -0.05) is 19.9 Å². The first-order chi connectivity index (χ1) is 13.1. The molecule has 0 N–H and O–H groups in total. The molecule has 0 aliphatic carbocycles. The van der Waals surface area contributed by atoms with Crippen LogP contribution in [0.15, 0.2) is 24.3 Å². The van der Waals surface area contributed by atoms with E-state index in [1.807, 2.05) is 40.7 Å². The Labute approximate surface area is 169 Å². The number of ether oxygens (including phenoxy) is 1. The monoisotopic (exact) mass is 410 g/mol. The molecule has 0 radical (unpaired) electrons. The van der Waals surface area contributed by atoms with Crippen LogP contribution in [0.3, 0.4) is 0 Å². The second-order valence-corrected chi connectivity index (χ2v) is 8.67. The summed E-state index contributed by atoms with van der Waals surface area (Å²) in [5, 5.41) is 11.0. The van der Waals surface area contributed by atoms with Gasteiger partial charge >= 0.3 is 6.09 Å². The van der Waals surface area contributed by atoms with Crippen LogP contribution in [0, 0.1) is 10.1 Å². The van der Waals surface area contributed by atoms with Gasteiger partial charge in [-0.2, -0.15) is 0 Å². The fourth-order valence-electron chi connectivity index (χ4n) is 2.77. The standard InChI is InChI=1S/C18H24N2O5S.C2H6/c1-18(2,3)25-17(21)19-9-5-6-13(11-19)16-8-7-15(20(22)23)10-14(16)12-26(4)24;1-2/h6-8,10H,5,9,11-12H2,1-4H3;1-2H3. The molecule has 0 spiro atoms. The molecule has 1 atom stereocenters. The smallest absolute Gasteiger partial charge is 0.410 e. The van der Waals surface area contributed by atoms with Crippen LogP contribution in [0.4, 0.5) is 10.5 Å². The fourth-order valence-corrected chi connectivity index (χ4v) is 3.44. The van der Waals surface area contributed by atoms with Crippen molar-refractivity contribution >= 4 is 28.2 Å².